The molecule has 2 rings (SSSR count). The standard InChI is InChI=1S/C18H30O4/c1-17(2,3)10-12(18(4,5)6)16(20)21-13-8-7-11-9-14(13)22-15(11)19/h11-14H,7-10H2,1-6H3/t11?,12-,13?,14?/m1/s1. The van der Waals surface area contributed by atoms with Gasteiger partial charge < -0.3 is 9.47 Å². The Bertz CT molecular complexity index is 441. The fraction of sp³-hybridized carbons (Fsp3) is 0.889. The molecule has 1 saturated carbocycles. The molecule has 0 amide bonds. The number of carbonyl (C=O) groups is 2. The lowest BCUT2D eigenvalue weighted by molar-refractivity contribution is -0.169. The van der Waals surface area contributed by atoms with Gasteiger partial charge in [-0.25, -0.2) is 0 Å². The number of hydrogen-bond acceptors (Lipinski definition) is 4. The lowest BCUT2D eigenvalue weighted by Crippen LogP contribution is -2.39. The molecule has 2 bridgehead atoms. The van der Waals surface area contributed by atoms with Crippen molar-refractivity contribution in [3.63, 3.8) is 0 Å². The molecular formula is C18H30O4. The van der Waals surface area contributed by atoms with E-state index < -0.39 is 0 Å². The Hall–Kier alpha value is -1.06. The monoisotopic (exact) mass is 310 g/mol. The SMILES string of the molecule is CC(C)(C)C[C@H](C(=O)OC1CCC2CC1OC2=O)C(C)(C)C. The largest absolute Gasteiger partial charge is 0.458 e. The summed E-state index contributed by atoms with van der Waals surface area (Å²) in [4.78, 5) is 24.3. The zero-order valence-corrected chi connectivity index (χ0v) is 14.8. The second-order valence-corrected chi connectivity index (χ2v) is 9.14. The van der Waals surface area contributed by atoms with Crippen molar-refractivity contribution in [2.45, 2.75) is 79.4 Å². The molecule has 1 aliphatic heterocycles. The first-order valence-corrected chi connectivity index (χ1v) is 8.38. The van der Waals surface area contributed by atoms with Crippen LogP contribution >= 0.6 is 0 Å². The summed E-state index contributed by atoms with van der Waals surface area (Å²) in [7, 11) is 0. The van der Waals surface area contributed by atoms with Crippen LogP contribution in [0.15, 0.2) is 0 Å². The van der Waals surface area contributed by atoms with Crippen molar-refractivity contribution in [3.05, 3.63) is 0 Å². The van der Waals surface area contributed by atoms with Gasteiger partial charge in [-0.15, -0.1) is 0 Å². The summed E-state index contributed by atoms with van der Waals surface area (Å²) in [5.74, 6) is -0.394. The Kier molecular flexibility index (Phi) is 4.61. The van der Waals surface area contributed by atoms with E-state index in [1.807, 2.05) is 0 Å². The van der Waals surface area contributed by atoms with Crippen LogP contribution in [0.2, 0.25) is 0 Å². The molecule has 22 heavy (non-hydrogen) atoms. The summed E-state index contributed by atoms with van der Waals surface area (Å²) < 4.78 is 11.1. The van der Waals surface area contributed by atoms with Gasteiger partial charge in [-0.1, -0.05) is 41.5 Å². The molecule has 3 unspecified atom stereocenters. The number of fused-ring (bicyclic) bond motifs is 2. The molecule has 1 saturated heterocycles. The van der Waals surface area contributed by atoms with Crippen molar-refractivity contribution < 1.29 is 19.1 Å². The van der Waals surface area contributed by atoms with Crippen molar-refractivity contribution in [1.29, 1.82) is 0 Å². The maximum atomic E-state index is 12.7. The van der Waals surface area contributed by atoms with Crippen molar-refractivity contribution in [2.24, 2.45) is 22.7 Å². The zero-order chi connectivity index (χ0) is 16.7. The molecule has 0 N–H and O–H groups in total. The van der Waals surface area contributed by atoms with E-state index in [0.717, 1.165) is 19.3 Å². The van der Waals surface area contributed by atoms with Crippen LogP contribution in [0, 0.1) is 22.7 Å². The van der Waals surface area contributed by atoms with E-state index in [4.69, 9.17) is 9.47 Å². The van der Waals surface area contributed by atoms with Crippen LogP contribution in [0.4, 0.5) is 0 Å². The molecule has 1 aliphatic carbocycles. The number of hydrogen-bond donors (Lipinski definition) is 0. The molecule has 1 heterocycles. The maximum absolute atomic E-state index is 12.7. The van der Waals surface area contributed by atoms with Crippen LogP contribution in [-0.4, -0.2) is 24.1 Å². The van der Waals surface area contributed by atoms with Crippen molar-refractivity contribution in [3.8, 4) is 0 Å². The number of rotatable bonds is 3. The van der Waals surface area contributed by atoms with Gasteiger partial charge in [-0.05, 0) is 30.1 Å². The average molecular weight is 310 g/mol. The van der Waals surface area contributed by atoms with Gasteiger partial charge in [0.2, 0.25) is 0 Å². The van der Waals surface area contributed by atoms with E-state index in [0.29, 0.717) is 6.42 Å². The van der Waals surface area contributed by atoms with E-state index >= 15 is 0 Å². The number of carbonyl (C=O) groups excluding carboxylic acids is 2. The minimum atomic E-state index is -0.264. The topological polar surface area (TPSA) is 52.6 Å². The summed E-state index contributed by atoms with van der Waals surface area (Å²) in [5, 5.41) is 0. The quantitative estimate of drug-likeness (QED) is 0.745. The third-order valence-corrected chi connectivity index (χ3v) is 4.75. The molecule has 0 spiro atoms. The maximum Gasteiger partial charge on any atom is 0.309 e. The molecule has 0 aromatic carbocycles. The fourth-order valence-corrected chi connectivity index (χ4v) is 3.41. The second kappa shape index (κ2) is 5.86. The van der Waals surface area contributed by atoms with Gasteiger partial charge in [0.05, 0.1) is 11.8 Å². The molecule has 2 fully saturated rings. The lowest BCUT2D eigenvalue weighted by atomic mass is 9.72. The van der Waals surface area contributed by atoms with E-state index in [-0.39, 0.29) is 46.8 Å². The number of ether oxygens (including phenoxy) is 2. The van der Waals surface area contributed by atoms with Crippen molar-refractivity contribution in [2.75, 3.05) is 0 Å². The first-order chi connectivity index (χ1) is 9.97. The van der Waals surface area contributed by atoms with E-state index in [1.165, 1.54) is 0 Å². The minimum absolute atomic E-state index is 0.0212. The van der Waals surface area contributed by atoms with Gasteiger partial charge in [0.15, 0.2) is 0 Å². The Morgan fingerprint density at radius 2 is 1.86 bits per heavy atom. The highest BCUT2D eigenvalue weighted by atomic mass is 16.6. The highest BCUT2D eigenvalue weighted by Crippen LogP contribution is 2.40. The summed E-state index contributed by atoms with van der Waals surface area (Å²) in [5.41, 5.74) is -0.0810. The fourth-order valence-electron chi connectivity index (χ4n) is 3.41. The van der Waals surface area contributed by atoms with E-state index in [1.54, 1.807) is 0 Å². The predicted molar refractivity (Wildman–Crippen MR) is 84.1 cm³/mol. The second-order valence-electron chi connectivity index (χ2n) is 9.14. The van der Waals surface area contributed by atoms with Crippen molar-refractivity contribution >= 4 is 11.9 Å². The third-order valence-electron chi connectivity index (χ3n) is 4.75. The Morgan fingerprint density at radius 3 is 2.41 bits per heavy atom. The molecule has 126 valence electrons. The van der Waals surface area contributed by atoms with Crippen molar-refractivity contribution in [1.82, 2.24) is 0 Å². The molecule has 0 aromatic rings. The van der Waals surface area contributed by atoms with Crippen LogP contribution in [0.5, 0.6) is 0 Å². The Balaban J connectivity index is 2.03. The molecular weight excluding hydrogens is 280 g/mol. The van der Waals surface area contributed by atoms with Crippen LogP contribution in [0.1, 0.15) is 67.2 Å². The molecule has 4 nitrogen and oxygen atoms in total. The van der Waals surface area contributed by atoms with Gasteiger partial charge in [0.25, 0.3) is 0 Å². The summed E-state index contributed by atoms with van der Waals surface area (Å²) in [6.45, 7) is 12.7. The molecule has 0 radical (unpaired) electrons. The summed E-state index contributed by atoms with van der Waals surface area (Å²) in [6.07, 6.45) is 2.50. The summed E-state index contributed by atoms with van der Waals surface area (Å²) >= 11 is 0. The van der Waals surface area contributed by atoms with Gasteiger partial charge in [-0.3, -0.25) is 9.59 Å². The van der Waals surface area contributed by atoms with Crippen LogP contribution in [0.25, 0.3) is 0 Å². The molecule has 2 aliphatic rings. The highest BCUT2D eigenvalue weighted by Gasteiger charge is 2.46. The highest BCUT2D eigenvalue weighted by molar-refractivity contribution is 5.76. The van der Waals surface area contributed by atoms with Crippen LogP contribution < -0.4 is 0 Å². The summed E-state index contributed by atoms with van der Waals surface area (Å²) in [6, 6.07) is 0. The first kappa shape index (κ1) is 17.3. The lowest BCUT2D eigenvalue weighted by Gasteiger charge is -2.35. The van der Waals surface area contributed by atoms with Gasteiger partial charge in [0.1, 0.15) is 12.2 Å². The minimum Gasteiger partial charge on any atom is -0.458 e. The normalized spacial score (nSPS) is 29.9. The van der Waals surface area contributed by atoms with Gasteiger partial charge in [-0.2, -0.15) is 0 Å². The van der Waals surface area contributed by atoms with E-state index in [9.17, 15) is 9.59 Å². The average Bonchev–Trinajstić information content (AvgIpc) is 2.64. The van der Waals surface area contributed by atoms with Crippen LogP contribution in [-0.2, 0) is 19.1 Å². The smallest absolute Gasteiger partial charge is 0.309 e. The van der Waals surface area contributed by atoms with Gasteiger partial charge in [0, 0.05) is 6.42 Å². The Morgan fingerprint density at radius 1 is 1.23 bits per heavy atom. The molecule has 4 heteroatoms. The number of esters is 2. The molecule has 0 aromatic heterocycles. The molecule has 4 atom stereocenters. The Labute approximate surface area is 133 Å². The van der Waals surface area contributed by atoms with Crippen LogP contribution in [0.3, 0.4) is 0 Å². The van der Waals surface area contributed by atoms with E-state index in [2.05, 4.69) is 41.5 Å². The predicted octanol–water partition coefficient (Wildman–Crippen LogP) is 3.72. The van der Waals surface area contributed by atoms with Gasteiger partial charge >= 0.3 is 11.9 Å². The first-order valence-electron chi connectivity index (χ1n) is 8.38. The third kappa shape index (κ3) is 4.02. The zero-order valence-electron chi connectivity index (χ0n) is 14.8.